The van der Waals surface area contributed by atoms with Crippen LogP contribution in [0.1, 0.15) is 192 Å². The smallest absolute Gasteiger partial charge is 0.261 e. The van der Waals surface area contributed by atoms with E-state index in [0.717, 1.165) is 46.8 Å². The number of amides is 2. The maximum absolute atomic E-state index is 15.2. The summed E-state index contributed by atoms with van der Waals surface area (Å²) in [5, 5.41) is 4.23. The van der Waals surface area contributed by atoms with Crippen LogP contribution < -0.4 is 0 Å². The molecule has 2 amide bonds. The Morgan fingerprint density at radius 3 is 1.23 bits per heavy atom. The predicted molar refractivity (Wildman–Crippen MR) is 250 cm³/mol. The molecule has 2 atom stereocenters. The number of hydrogen-bond donors (Lipinski definition) is 0. The van der Waals surface area contributed by atoms with Gasteiger partial charge in [-0.2, -0.15) is 0 Å². The molecule has 0 saturated heterocycles. The highest BCUT2D eigenvalue weighted by atomic mass is 32.1. The molecule has 3 aromatic rings. The number of nitrogens with zero attached hydrogens (tertiary/aromatic N) is 2. The van der Waals surface area contributed by atoms with E-state index in [1.807, 2.05) is 0 Å². The second-order valence-electron chi connectivity index (χ2n) is 16.9. The zero-order valence-corrected chi connectivity index (χ0v) is 38.5. The molecule has 57 heavy (non-hydrogen) atoms. The zero-order valence-electron chi connectivity index (χ0n) is 36.1. The summed E-state index contributed by atoms with van der Waals surface area (Å²) < 4.78 is 0. The first-order valence-corrected chi connectivity index (χ1v) is 25.9. The molecule has 0 radical (unpaired) electrons. The van der Waals surface area contributed by atoms with Crippen LogP contribution in [0, 0.1) is 11.8 Å². The highest BCUT2D eigenvalue weighted by molar-refractivity contribution is 7.22. The largest absolute Gasteiger partial charge is 0.306 e. The lowest BCUT2D eigenvalue weighted by atomic mass is 9.93. The topological polar surface area (TPSA) is 40.6 Å². The van der Waals surface area contributed by atoms with Crippen molar-refractivity contribution < 1.29 is 9.59 Å². The van der Waals surface area contributed by atoms with Gasteiger partial charge in [-0.3, -0.25) is 9.59 Å². The van der Waals surface area contributed by atoms with Gasteiger partial charge in [-0.05, 0) is 72.5 Å². The first-order valence-electron chi connectivity index (χ1n) is 23.3. The number of carbonyl (C=O) groups is 2. The Hall–Kier alpha value is -2.48. The van der Waals surface area contributed by atoms with Crippen LogP contribution in [-0.2, 0) is 9.59 Å². The van der Waals surface area contributed by atoms with Gasteiger partial charge in [0.05, 0.1) is 32.3 Å². The molecule has 2 aliphatic heterocycles. The minimum atomic E-state index is 0.0437. The van der Waals surface area contributed by atoms with Crippen molar-refractivity contribution in [3.05, 3.63) is 68.1 Å². The highest BCUT2D eigenvalue weighted by Gasteiger charge is 2.50. The molecule has 2 aliphatic rings. The van der Waals surface area contributed by atoms with Crippen LogP contribution in [0.5, 0.6) is 0 Å². The van der Waals surface area contributed by atoms with Crippen LogP contribution in [0.15, 0.2) is 58.3 Å². The fourth-order valence-corrected chi connectivity index (χ4v) is 11.7. The lowest BCUT2D eigenvalue weighted by Gasteiger charge is -2.29. The fraction of sp³-hybridized carbons (Fsp3) is 0.640. The highest BCUT2D eigenvalue weighted by Crippen LogP contribution is 2.50. The lowest BCUT2D eigenvalue weighted by molar-refractivity contribution is -0.124. The molecule has 5 rings (SSSR count). The number of fused-ring (bicyclic) bond motifs is 1. The molecule has 0 saturated carbocycles. The normalized spacial score (nSPS) is 15.5. The summed E-state index contributed by atoms with van der Waals surface area (Å²) >= 11 is 5.16. The van der Waals surface area contributed by atoms with E-state index >= 15 is 9.59 Å². The summed E-state index contributed by atoms with van der Waals surface area (Å²) in [6.45, 7) is 10.5. The maximum atomic E-state index is 15.2. The number of thiophene rings is 3. The minimum Gasteiger partial charge on any atom is -0.306 e. The maximum Gasteiger partial charge on any atom is 0.261 e. The molecule has 314 valence electrons. The van der Waals surface area contributed by atoms with Crippen LogP contribution in [-0.4, -0.2) is 34.7 Å². The second-order valence-corrected chi connectivity index (χ2v) is 19.9. The van der Waals surface area contributed by atoms with Crippen molar-refractivity contribution in [2.45, 2.75) is 182 Å². The average molecular weight is 831 g/mol. The van der Waals surface area contributed by atoms with E-state index in [2.05, 4.69) is 84.7 Å². The third-order valence-corrected chi connectivity index (χ3v) is 15.3. The van der Waals surface area contributed by atoms with Gasteiger partial charge in [-0.1, -0.05) is 168 Å². The van der Waals surface area contributed by atoms with Gasteiger partial charge in [0.25, 0.3) is 11.8 Å². The van der Waals surface area contributed by atoms with E-state index in [9.17, 15) is 0 Å². The lowest BCUT2D eigenvalue weighted by Crippen LogP contribution is -2.34. The van der Waals surface area contributed by atoms with Crippen molar-refractivity contribution in [2.24, 2.45) is 11.8 Å². The van der Waals surface area contributed by atoms with E-state index in [0.29, 0.717) is 36.1 Å². The van der Waals surface area contributed by atoms with Gasteiger partial charge < -0.3 is 9.80 Å². The standard InChI is InChI=1S/C50H74N2O2S3/c1-5-9-13-17-19-23-29-39(27-21-15-11-7-3)37-51-47(43-32-26-36-56-43)45-46(50(51)54)48(44-34-33-42(57-44)41-31-25-35-55-41)52(49(45)53)38-40(28-22-16-12-8-4)30-24-20-18-14-10-6-2/h25-26,31-36,39-40H,5-24,27-30,37-38H2,1-4H3. The summed E-state index contributed by atoms with van der Waals surface area (Å²) in [6, 6.07) is 12.9. The van der Waals surface area contributed by atoms with Crippen LogP contribution in [0.4, 0.5) is 0 Å². The van der Waals surface area contributed by atoms with E-state index in [1.54, 1.807) is 34.0 Å². The molecule has 0 spiro atoms. The van der Waals surface area contributed by atoms with Crippen LogP contribution in [0.25, 0.3) is 21.1 Å². The number of unbranched alkanes of at least 4 members (excludes halogenated alkanes) is 16. The zero-order chi connectivity index (χ0) is 40.2. The average Bonchev–Trinajstić information content (AvgIpc) is 4.07. The Balaban J connectivity index is 1.50. The van der Waals surface area contributed by atoms with Crippen molar-refractivity contribution in [1.29, 1.82) is 0 Å². The number of hydrogen-bond acceptors (Lipinski definition) is 5. The Morgan fingerprint density at radius 2 is 0.807 bits per heavy atom. The van der Waals surface area contributed by atoms with Crippen molar-refractivity contribution in [3.8, 4) is 9.75 Å². The van der Waals surface area contributed by atoms with Crippen LogP contribution >= 0.6 is 34.0 Å². The Kier molecular flexibility index (Phi) is 20.2. The van der Waals surface area contributed by atoms with Crippen LogP contribution in [0.3, 0.4) is 0 Å². The molecule has 0 bridgehead atoms. The third kappa shape index (κ3) is 13.0. The van der Waals surface area contributed by atoms with Gasteiger partial charge in [0.2, 0.25) is 0 Å². The third-order valence-electron chi connectivity index (χ3n) is 12.3. The first kappa shape index (κ1) is 45.6. The summed E-state index contributed by atoms with van der Waals surface area (Å²) in [5.41, 5.74) is 3.08. The molecule has 0 fully saturated rings. The molecular formula is C50H74N2O2S3. The van der Waals surface area contributed by atoms with Crippen molar-refractivity contribution >= 4 is 57.2 Å². The Labute approximate surface area is 359 Å². The first-order chi connectivity index (χ1) is 28.0. The molecule has 4 nitrogen and oxygen atoms in total. The summed E-state index contributed by atoms with van der Waals surface area (Å²) in [6.07, 6.45) is 29.9. The second kappa shape index (κ2) is 25.2. The van der Waals surface area contributed by atoms with Gasteiger partial charge in [0.15, 0.2) is 0 Å². The molecule has 5 heterocycles. The Morgan fingerprint density at radius 1 is 0.439 bits per heavy atom. The summed E-state index contributed by atoms with van der Waals surface area (Å²) in [7, 11) is 0. The fourth-order valence-electron chi connectivity index (χ4n) is 9.00. The predicted octanol–water partition coefficient (Wildman–Crippen LogP) is 16.0. The molecule has 2 unspecified atom stereocenters. The van der Waals surface area contributed by atoms with E-state index in [1.165, 1.54) is 138 Å². The van der Waals surface area contributed by atoms with Gasteiger partial charge >= 0.3 is 0 Å². The van der Waals surface area contributed by atoms with E-state index in [4.69, 9.17) is 0 Å². The minimum absolute atomic E-state index is 0.0437. The quantitative estimate of drug-likeness (QED) is 0.0606. The summed E-state index contributed by atoms with van der Waals surface area (Å²) in [5.74, 6) is 0.938. The molecule has 0 aromatic carbocycles. The monoisotopic (exact) mass is 830 g/mol. The molecule has 7 heteroatoms. The van der Waals surface area contributed by atoms with Crippen molar-refractivity contribution in [2.75, 3.05) is 13.1 Å². The van der Waals surface area contributed by atoms with E-state index in [-0.39, 0.29) is 11.8 Å². The van der Waals surface area contributed by atoms with Crippen LogP contribution in [0.2, 0.25) is 0 Å². The number of carbonyl (C=O) groups excluding carboxylic acids is 2. The van der Waals surface area contributed by atoms with E-state index < -0.39 is 0 Å². The van der Waals surface area contributed by atoms with Crippen molar-refractivity contribution in [1.82, 2.24) is 9.80 Å². The van der Waals surface area contributed by atoms with Gasteiger partial charge in [-0.15, -0.1) is 34.0 Å². The molecule has 0 N–H and O–H groups in total. The molecule has 3 aromatic heterocycles. The van der Waals surface area contributed by atoms with Gasteiger partial charge in [-0.25, -0.2) is 0 Å². The number of rotatable bonds is 31. The van der Waals surface area contributed by atoms with Crippen molar-refractivity contribution in [3.63, 3.8) is 0 Å². The van der Waals surface area contributed by atoms with Gasteiger partial charge in [0, 0.05) is 22.8 Å². The molecular weight excluding hydrogens is 757 g/mol. The SMILES string of the molecule is CCCCCCCCC(CCCCCC)CN1C(=O)C2=C(c3ccc(-c4cccs4)s3)N(CC(CCCCCC)CCCCCCCC)C(=O)C2=C1c1cccs1. The molecule has 0 aliphatic carbocycles. The van der Waals surface area contributed by atoms with Gasteiger partial charge in [0.1, 0.15) is 0 Å². The summed E-state index contributed by atoms with van der Waals surface area (Å²) in [4.78, 5) is 39.2. The Bertz CT molecular complexity index is 1670.